The van der Waals surface area contributed by atoms with Gasteiger partial charge in [0.25, 0.3) is 0 Å². The first kappa shape index (κ1) is 9.12. The van der Waals surface area contributed by atoms with Gasteiger partial charge >= 0.3 is 5.97 Å². The summed E-state index contributed by atoms with van der Waals surface area (Å²) in [5, 5.41) is 0. The van der Waals surface area contributed by atoms with E-state index in [9.17, 15) is 4.79 Å². The van der Waals surface area contributed by atoms with Crippen molar-refractivity contribution in [1.29, 1.82) is 0 Å². The summed E-state index contributed by atoms with van der Waals surface area (Å²) in [6.45, 7) is 5.88. The molecule has 2 nitrogen and oxygen atoms in total. The number of carbonyl (C=O) groups excluding carboxylic acids is 1. The highest BCUT2D eigenvalue weighted by Gasteiger charge is 2.62. The quantitative estimate of drug-likeness (QED) is 0.435. The molecule has 2 heteroatoms. The first-order valence-electron chi connectivity index (χ1n) is 4.05. The van der Waals surface area contributed by atoms with E-state index in [1.54, 1.807) is 6.92 Å². The van der Waals surface area contributed by atoms with E-state index in [0.717, 1.165) is 0 Å². The SMILES string of the molecule is CC#C[C@@H]1[C@@H](C(=O)OC)C1(C)C. The Morgan fingerprint density at radius 3 is 2.50 bits per heavy atom. The Labute approximate surface area is 73.3 Å². The lowest BCUT2D eigenvalue weighted by Crippen LogP contribution is -2.07. The summed E-state index contributed by atoms with van der Waals surface area (Å²) in [6, 6.07) is 0. The van der Waals surface area contributed by atoms with Crippen LogP contribution in [-0.2, 0) is 9.53 Å². The van der Waals surface area contributed by atoms with E-state index in [-0.39, 0.29) is 23.2 Å². The minimum Gasteiger partial charge on any atom is -0.469 e. The molecule has 0 aliphatic heterocycles. The van der Waals surface area contributed by atoms with Crippen LogP contribution in [0.4, 0.5) is 0 Å². The van der Waals surface area contributed by atoms with Gasteiger partial charge in [0.15, 0.2) is 0 Å². The van der Waals surface area contributed by atoms with E-state index >= 15 is 0 Å². The van der Waals surface area contributed by atoms with Crippen LogP contribution in [0.1, 0.15) is 20.8 Å². The Bertz CT molecular complexity index is 255. The number of hydrogen-bond donors (Lipinski definition) is 0. The zero-order chi connectivity index (χ0) is 9.35. The van der Waals surface area contributed by atoms with Gasteiger partial charge in [0.2, 0.25) is 0 Å². The first-order valence-corrected chi connectivity index (χ1v) is 4.05. The van der Waals surface area contributed by atoms with Gasteiger partial charge in [-0.1, -0.05) is 19.8 Å². The molecule has 12 heavy (non-hydrogen) atoms. The van der Waals surface area contributed by atoms with Crippen molar-refractivity contribution in [1.82, 2.24) is 0 Å². The summed E-state index contributed by atoms with van der Waals surface area (Å²) in [5.41, 5.74) is 0.0100. The molecule has 0 N–H and O–H groups in total. The van der Waals surface area contributed by atoms with Gasteiger partial charge in [-0.2, -0.15) is 0 Å². The lowest BCUT2D eigenvalue weighted by Gasteiger charge is -1.98. The van der Waals surface area contributed by atoms with Crippen LogP contribution in [0.25, 0.3) is 0 Å². The second kappa shape index (κ2) is 2.82. The molecule has 0 aromatic rings. The number of hydrogen-bond acceptors (Lipinski definition) is 2. The van der Waals surface area contributed by atoms with Gasteiger partial charge in [-0.3, -0.25) is 4.79 Å². The molecule has 0 unspecified atom stereocenters. The Morgan fingerprint density at radius 2 is 2.08 bits per heavy atom. The number of carbonyl (C=O) groups is 1. The fraction of sp³-hybridized carbons (Fsp3) is 0.700. The van der Waals surface area contributed by atoms with Gasteiger partial charge < -0.3 is 4.74 Å². The molecular weight excluding hydrogens is 152 g/mol. The third-order valence-electron chi connectivity index (χ3n) is 2.58. The maximum absolute atomic E-state index is 11.2. The van der Waals surface area contributed by atoms with E-state index in [2.05, 4.69) is 16.6 Å². The second-order valence-electron chi connectivity index (χ2n) is 3.69. The molecule has 0 amide bonds. The van der Waals surface area contributed by atoms with Crippen molar-refractivity contribution in [2.75, 3.05) is 7.11 Å². The minimum absolute atomic E-state index is 0.0100. The second-order valence-corrected chi connectivity index (χ2v) is 3.69. The Hall–Kier alpha value is -0.970. The topological polar surface area (TPSA) is 26.3 Å². The maximum Gasteiger partial charge on any atom is 0.310 e. The average Bonchev–Trinajstić information content (AvgIpc) is 2.53. The van der Waals surface area contributed by atoms with Crippen molar-refractivity contribution >= 4 is 5.97 Å². The Balaban J connectivity index is 2.70. The van der Waals surface area contributed by atoms with Crippen LogP contribution in [0.2, 0.25) is 0 Å². The summed E-state index contributed by atoms with van der Waals surface area (Å²) >= 11 is 0. The zero-order valence-electron chi connectivity index (χ0n) is 7.97. The van der Waals surface area contributed by atoms with E-state index < -0.39 is 0 Å². The predicted molar refractivity (Wildman–Crippen MR) is 46.2 cm³/mol. The summed E-state index contributed by atoms with van der Waals surface area (Å²) in [5.74, 6) is 5.90. The van der Waals surface area contributed by atoms with Crippen molar-refractivity contribution in [3.8, 4) is 11.8 Å². The zero-order valence-corrected chi connectivity index (χ0v) is 7.97. The van der Waals surface area contributed by atoms with Gasteiger partial charge in [0.05, 0.1) is 13.0 Å². The highest BCUT2D eigenvalue weighted by molar-refractivity contribution is 5.78. The molecule has 0 saturated heterocycles. The van der Waals surface area contributed by atoms with Crippen molar-refractivity contribution in [3.05, 3.63) is 0 Å². The monoisotopic (exact) mass is 166 g/mol. The van der Waals surface area contributed by atoms with Gasteiger partial charge in [-0.15, -0.1) is 5.92 Å². The summed E-state index contributed by atoms with van der Waals surface area (Å²) < 4.78 is 4.68. The third-order valence-corrected chi connectivity index (χ3v) is 2.58. The van der Waals surface area contributed by atoms with E-state index in [0.29, 0.717) is 0 Å². The molecule has 1 rings (SSSR count). The van der Waals surface area contributed by atoms with Crippen LogP contribution in [0.15, 0.2) is 0 Å². The normalized spacial score (nSPS) is 30.0. The molecule has 0 heterocycles. The Kier molecular flexibility index (Phi) is 2.14. The summed E-state index contributed by atoms with van der Waals surface area (Å²) in [6.07, 6.45) is 0. The smallest absolute Gasteiger partial charge is 0.310 e. The van der Waals surface area contributed by atoms with Crippen LogP contribution in [0.3, 0.4) is 0 Å². The van der Waals surface area contributed by atoms with Crippen LogP contribution in [0, 0.1) is 29.1 Å². The Morgan fingerprint density at radius 1 is 1.50 bits per heavy atom. The van der Waals surface area contributed by atoms with Crippen LogP contribution >= 0.6 is 0 Å². The van der Waals surface area contributed by atoms with Crippen molar-refractivity contribution < 1.29 is 9.53 Å². The number of rotatable bonds is 1. The lowest BCUT2D eigenvalue weighted by atomic mass is 10.1. The predicted octanol–water partition coefficient (Wildman–Crippen LogP) is 1.45. The average molecular weight is 166 g/mol. The van der Waals surface area contributed by atoms with E-state index in [4.69, 9.17) is 0 Å². The maximum atomic E-state index is 11.2. The summed E-state index contributed by atoms with van der Waals surface area (Å²) in [4.78, 5) is 11.2. The molecule has 1 aliphatic carbocycles. The molecule has 1 fully saturated rings. The van der Waals surface area contributed by atoms with Crippen LogP contribution in [0.5, 0.6) is 0 Å². The number of ether oxygens (including phenoxy) is 1. The molecule has 0 aromatic heterocycles. The van der Waals surface area contributed by atoms with E-state index in [1.807, 2.05) is 13.8 Å². The molecule has 0 bridgehead atoms. The van der Waals surface area contributed by atoms with Gasteiger partial charge in [-0.05, 0) is 12.3 Å². The van der Waals surface area contributed by atoms with Gasteiger partial charge in [-0.25, -0.2) is 0 Å². The minimum atomic E-state index is -0.132. The molecule has 0 spiro atoms. The lowest BCUT2D eigenvalue weighted by molar-refractivity contribution is -0.143. The van der Waals surface area contributed by atoms with E-state index in [1.165, 1.54) is 7.11 Å². The molecule has 0 radical (unpaired) electrons. The number of methoxy groups -OCH3 is 1. The van der Waals surface area contributed by atoms with Crippen LogP contribution in [-0.4, -0.2) is 13.1 Å². The molecule has 1 aliphatic rings. The van der Waals surface area contributed by atoms with Crippen molar-refractivity contribution in [3.63, 3.8) is 0 Å². The molecule has 1 saturated carbocycles. The number of esters is 1. The fourth-order valence-corrected chi connectivity index (χ4v) is 1.63. The molecule has 0 aromatic carbocycles. The fourth-order valence-electron chi connectivity index (χ4n) is 1.63. The van der Waals surface area contributed by atoms with Gasteiger partial charge in [0, 0.05) is 5.92 Å². The highest BCUT2D eigenvalue weighted by Crippen LogP contribution is 2.58. The highest BCUT2D eigenvalue weighted by atomic mass is 16.5. The summed E-state index contributed by atoms with van der Waals surface area (Å²) in [7, 11) is 1.42. The largest absolute Gasteiger partial charge is 0.469 e. The van der Waals surface area contributed by atoms with Crippen molar-refractivity contribution in [2.45, 2.75) is 20.8 Å². The molecule has 2 atom stereocenters. The molecule has 66 valence electrons. The third kappa shape index (κ3) is 1.20. The molecular formula is C10H14O2. The standard InChI is InChI=1S/C10H14O2/c1-5-6-7-8(9(11)12-4)10(7,2)3/h7-8H,1-4H3/t7-,8+/m1/s1. The first-order chi connectivity index (χ1) is 5.55. The van der Waals surface area contributed by atoms with Gasteiger partial charge in [0.1, 0.15) is 0 Å². The van der Waals surface area contributed by atoms with Crippen molar-refractivity contribution in [2.24, 2.45) is 17.3 Å². The van der Waals surface area contributed by atoms with Crippen LogP contribution < -0.4 is 0 Å².